The van der Waals surface area contributed by atoms with Crippen LogP contribution in [-0.4, -0.2) is 66.2 Å². The smallest absolute Gasteiger partial charge is 0.357 e. The summed E-state index contributed by atoms with van der Waals surface area (Å²) >= 11 is 6.81. The highest BCUT2D eigenvalue weighted by Crippen LogP contribution is 2.38. The Balaban J connectivity index is 1.57. The number of aromatic nitrogens is 1. The van der Waals surface area contributed by atoms with E-state index in [-0.39, 0.29) is 11.6 Å². The van der Waals surface area contributed by atoms with Crippen molar-refractivity contribution in [3.8, 4) is 5.88 Å². The molecule has 0 spiro atoms. The highest BCUT2D eigenvalue weighted by Gasteiger charge is 2.27. The average Bonchev–Trinajstić information content (AvgIpc) is 3.26. The van der Waals surface area contributed by atoms with Crippen molar-refractivity contribution in [3.63, 3.8) is 0 Å². The van der Waals surface area contributed by atoms with Gasteiger partial charge in [-0.3, -0.25) is 9.47 Å². The number of hydrogen-bond acceptors (Lipinski definition) is 8. The Morgan fingerprint density at radius 1 is 1.33 bits per heavy atom. The number of nitrogens with zero attached hydrogens (tertiary/aromatic N) is 3. The summed E-state index contributed by atoms with van der Waals surface area (Å²) in [6.07, 6.45) is 2.65. The maximum atomic E-state index is 12.2. The molecule has 0 radical (unpaired) electrons. The molecule has 9 heteroatoms. The fraction of sp³-hybridized carbons (Fsp3) is 0.381. The molecule has 0 saturated carbocycles. The Hall–Kier alpha value is -2.33. The van der Waals surface area contributed by atoms with Gasteiger partial charge in [-0.15, -0.1) is 11.3 Å². The van der Waals surface area contributed by atoms with Crippen molar-refractivity contribution in [2.45, 2.75) is 13.0 Å². The third-order valence-corrected chi connectivity index (χ3v) is 6.57. The number of rotatable bonds is 6. The van der Waals surface area contributed by atoms with Crippen molar-refractivity contribution in [3.05, 3.63) is 38.7 Å². The van der Waals surface area contributed by atoms with Gasteiger partial charge in [0.25, 0.3) is 0 Å². The molecule has 2 aliphatic rings. The van der Waals surface area contributed by atoms with E-state index in [0.717, 1.165) is 44.8 Å². The van der Waals surface area contributed by atoms with Gasteiger partial charge in [-0.2, -0.15) is 0 Å². The third-order valence-electron chi connectivity index (χ3n) is 5.19. The van der Waals surface area contributed by atoms with Crippen LogP contribution in [0, 0.1) is 3.95 Å². The van der Waals surface area contributed by atoms with Gasteiger partial charge in [0.05, 0.1) is 30.9 Å². The van der Waals surface area contributed by atoms with Crippen LogP contribution in [0.2, 0.25) is 0 Å². The Labute approximate surface area is 183 Å². The molecular weight excluding hydrogens is 422 g/mol. The van der Waals surface area contributed by atoms with E-state index in [1.807, 2.05) is 24.3 Å². The minimum Gasteiger partial charge on any atom is -0.493 e. The van der Waals surface area contributed by atoms with Crippen LogP contribution in [0.25, 0.3) is 11.6 Å². The van der Waals surface area contributed by atoms with Crippen LogP contribution in [0.3, 0.4) is 0 Å². The Bertz CT molecular complexity index is 1060. The first kappa shape index (κ1) is 20.9. The molecule has 3 heterocycles. The van der Waals surface area contributed by atoms with Crippen molar-refractivity contribution in [2.75, 3.05) is 40.0 Å². The standard InChI is InChI=1S/C21H23N3O4S2/c1-27-20(26)18-15(14-5-2-3-6-16(14)22-18)13-17-19(25)24(21(29)30-17)8-4-7-23-9-11-28-12-10-23/h2-3,5-6,13,25H,4,7-12H2,1H3/b15-13+. The fourth-order valence-corrected chi connectivity index (χ4v) is 4.92. The van der Waals surface area contributed by atoms with Crippen LogP contribution in [0.1, 0.15) is 16.9 Å². The highest BCUT2D eigenvalue weighted by atomic mass is 32.1. The second-order valence-corrected chi connectivity index (χ2v) is 8.72. The number of para-hydroxylation sites is 1. The number of esters is 1. The van der Waals surface area contributed by atoms with Crippen LogP contribution in [0.15, 0.2) is 29.3 Å². The lowest BCUT2D eigenvalue weighted by molar-refractivity contribution is -0.132. The predicted octanol–water partition coefficient (Wildman–Crippen LogP) is 3.51. The lowest BCUT2D eigenvalue weighted by Gasteiger charge is -2.26. The molecule has 0 unspecified atom stereocenters. The molecule has 7 nitrogen and oxygen atoms in total. The number of morpholine rings is 1. The average molecular weight is 446 g/mol. The van der Waals surface area contributed by atoms with E-state index in [0.29, 0.717) is 26.6 Å². The normalized spacial score (nSPS) is 17.8. The van der Waals surface area contributed by atoms with Crippen LogP contribution in [0.4, 0.5) is 5.69 Å². The van der Waals surface area contributed by atoms with Gasteiger partial charge in [-0.1, -0.05) is 18.2 Å². The number of aliphatic imine (C=N–C) groups is 1. The summed E-state index contributed by atoms with van der Waals surface area (Å²) in [4.78, 5) is 19.6. The molecule has 0 aliphatic carbocycles. The monoisotopic (exact) mass is 445 g/mol. The Kier molecular flexibility index (Phi) is 6.43. The zero-order chi connectivity index (χ0) is 21.1. The van der Waals surface area contributed by atoms with Crippen LogP contribution < -0.4 is 0 Å². The molecule has 2 aromatic rings. The van der Waals surface area contributed by atoms with Gasteiger partial charge >= 0.3 is 5.97 Å². The van der Waals surface area contributed by atoms with E-state index in [1.165, 1.54) is 18.4 Å². The molecule has 1 saturated heterocycles. The van der Waals surface area contributed by atoms with Gasteiger partial charge in [0.15, 0.2) is 9.67 Å². The molecule has 0 amide bonds. The molecular formula is C21H23N3O4S2. The first-order valence-electron chi connectivity index (χ1n) is 9.79. The SMILES string of the molecule is COC(=O)C1=Nc2ccccc2/C1=C\c1sc(=S)n(CCCN2CCOCC2)c1O. The zero-order valence-electron chi connectivity index (χ0n) is 16.7. The number of thiazole rings is 1. The summed E-state index contributed by atoms with van der Waals surface area (Å²) < 4.78 is 12.6. The second kappa shape index (κ2) is 9.22. The molecule has 1 aromatic carbocycles. The molecule has 1 aromatic heterocycles. The number of aromatic hydroxyl groups is 1. The molecule has 0 bridgehead atoms. The fourth-order valence-electron chi connectivity index (χ4n) is 3.62. The third kappa shape index (κ3) is 4.24. The first-order valence-corrected chi connectivity index (χ1v) is 11.0. The van der Waals surface area contributed by atoms with Crippen LogP contribution in [-0.2, 0) is 20.8 Å². The van der Waals surface area contributed by atoms with E-state index < -0.39 is 5.97 Å². The summed E-state index contributed by atoms with van der Waals surface area (Å²) in [6, 6.07) is 7.50. The molecule has 1 fully saturated rings. The van der Waals surface area contributed by atoms with E-state index in [4.69, 9.17) is 21.7 Å². The number of hydrogen-bond donors (Lipinski definition) is 1. The van der Waals surface area contributed by atoms with E-state index in [1.54, 1.807) is 10.6 Å². The van der Waals surface area contributed by atoms with Crippen molar-refractivity contribution in [1.82, 2.24) is 9.47 Å². The topological polar surface area (TPSA) is 76.3 Å². The van der Waals surface area contributed by atoms with Crippen molar-refractivity contribution < 1.29 is 19.4 Å². The number of benzene rings is 1. The zero-order valence-corrected chi connectivity index (χ0v) is 18.3. The van der Waals surface area contributed by atoms with Gasteiger partial charge in [0.2, 0.25) is 5.88 Å². The number of fused-ring (bicyclic) bond motifs is 1. The lowest BCUT2D eigenvalue weighted by Crippen LogP contribution is -2.37. The van der Waals surface area contributed by atoms with Crippen molar-refractivity contribution in [2.24, 2.45) is 4.99 Å². The Morgan fingerprint density at radius 3 is 2.87 bits per heavy atom. The van der Waals surface area contributed by atoms with Gasteiger partial charge in [0.1, 0.15) is 0 Å². The minimum absolute atomic E-state index is 0.119. The number of carbonyl (C=O) groups is 1. The summed E-state index contributed by atoms with van der Waals surface area (Å²) in [7, 11) is 1.33. The van der Waals surface area contributed by atoms with Gasteiger partial charge < -0.3 is 14.6 Å². The van der Waals surface area contributed by atoms with E-state index in [2.05, 4.69) is 9.89 Å². The minimum atomic E-state index is -0.509. The molecule has 158 valence electrons. The quantitative estimate of drug-likeness (QED) is 0.542. The summed E-state index contributed by atoms with van der Waals surface area (Å²) in [6.45, 7) is 4.99. The number of ether oxygens (including phenoxy) is 2. The molecule has 1 N–H and O–H groups in total. The van der Waals surface area contributed by atoms with Crippen LogP contribution in [0.5, 0.6) is 5.88 Å². The number of methoxy groups -OCH3 is 1. The van der Waals surface area contributed by atoms with Gasteiger partial charge in [-0.25, -0.2) is 9.79 Å². The van der Waals surface area contributed by atoms with E-state index in [9.17, 15) is 9.90 Å². The predicted molar refractivity (Wildman–Crippen MR) is 120 cm³/mol. The van der Waals surface area contributed by atoms with Crippen LogP contribution >= 0.6 is 23.6 Å². The Morgan fingerprint density at radius 2 is 2.10 bits per heavy atom. The highest BCUT2D eigenvalue weighted by molar-refractivity contribution is 7.73. The second-order valence-electron chi connectivity index (χ2n) is 7.04. The summed E-state index contributed by atoms with van der Waals surface area (Å²) in [5, 5.41) is 10.8. The molecule has 30 heavy (non-hydrogen) atoms. The molecule has 2 aliphatic heterocycles. The molecule has 4 rings (SSSR count). The van der Waals surface area contributed by atoms with Gasteiger partial charge in [0, 0.05) is 37.3 Å². The van der Waals surface area contributed by atoms with Gasteiger partial charge in [-0.05, 0) is 30.8 Å². The van der Waals surface area contributed by atoms with Crippen molar-refractivity contribution in [1.29, 1.82) is 0 Å². The largest absolute Gasteiger partial charge is 0.493 e. The summed E-state index contributed by atoms with van der Waals surface area (Å²) in [5.41, 5.74) is 2.40. The first-order chi connectivity index (χ1) is 14.6. The molecule has 0 atom stereocenters. The van der Waals surface area contributed by atoms with Crippen molar-refractivity contribution >= 4 is 52.6 Å². The maximum Gasteiger partial charge on any atom is 0.357 e. The lowest BCUT2D eigenvalue weighted by atomic mass is 10.0. The maximum absolute atomic E-state index is 12.2. The summed E-state index contributed by atoms with van der Waals surface area (Å²) in [5.74, 6) is -0.390. The van der Waals surface area contributed by atoms with E-state index >= 15 is 0 Å². The number of carbonyl (C=O) groups excluding carboxylic acids is 1.